The fraction of sp³-hybridized carbons (Fsp3) is 0.300. The number of amides is 1. The SMILES string of the molecule is CCc1ccc(OCC(N)=O)c([N+](=O)[O-])c1. The van der Waals surface area contributed by atoms with Crippen molar-refractivity contribution in [1.29, 1.82) is 0 Å². The summed E-state index contributed by atoms with van der Waals surface area (Å²) in [5.41, 5.74) is 5.57. The van der Waals surface area contributed by atoms with Crippen molar-refractivity contribution in [1.82, 2.24) is 0 Å². The first-order valence-corrected chi connectivity index (χ1v) is 4.73. The molecule has 0 radical (unpaired) electrons. The molecule has 0 bridgehead atoms. The van der Waals surface area contributed by atoms with Crippen LogP contribution in [0.2, 0.25) is 0 Å². The van der Waals surface area contributed by atoms with Crippen molar-refractivity contribution in [2.45, 2.75) is 13.3 Å². The molecule has 6 nitrogen and oxygen atoms in total. The number of rotatable bonds is 5. The summed E-state index contributed by atoms with van der Waals surface area (Å²) in [4.78, 5) is 20.7. The van der Waals surface area contributed by atoms with Crippen LogP contribution in [0.15, 0.2) is 18.2 Å². The third-order valence-corrected chi connectivity index (χ3v) is 2.00. The predicted octanol–water partition coefficient (Wildman–Crippen LogP) is 1.02. The number of nitrogens with two attached hydrogens (primary N) is 1. The van der Waals surface area contributed by atoms with Gasteiger partial charge in [-0.2, -0.15) is 0 Å². The Bertz CT molecular complexity index is 417. The second kappa shape index (κ2) is 5.11. The lowest BCUT2D eigenvalue weighted by molar-refractivity contribution is -0.385. The Morgan fingerprint density at radius 3 is 2.75 bits per heavy atom. The van der Waals surface area contributed by atoms with Gasteiger partial charge in [-0.3, -0.25) is 14.9 Å². The fourth-order valence-electron chi connectivity index (χ4n) is 1.20. The van der Waals surface area contributed by atoms with Gasteiger partial charge in [-0.25, -0.2) is 0 Å². The first-order chi connectivity index (χ1) is 7.54. The molecule has 0 aliphatic heterocycles. The highest BCUT2D eigenvalue weighted by molar-refractivity contribution is 5.75. The second-order valence-corrected chi connectivity index (χ2v) is 3.17. The lowest BCUT2D eigenvalue weighted by Gasteiger charge is -2.05. The van der Waals surface area contributed by atoms with E-state index in [1.165, 1.54) is 12.1 Å². The van der Waals surface area contributed by atoms with Crippen LogP contribution in [0.1, 0.15) is 12.5 Å². The van der Waals surface area contributed by atoms with Gasteiger partial charge < -0.3 is 10.5 Å². The number of primary amides is 1. The molecule has 2 N–H and O–H groups in total. The average Bonchev–Trinajstić information content (AvgIpc) is 2.25. The van der Waals surface area contributed by atoms with Gasteiger partial charge in [0.1, 0.15) is 0 Å². The summed E-state index contributed by atoms with van der Waals surface area (Å²) >= 11 is 0. The summed E-state index contributed by atoms with van der Waals surface area (Å²) in [6.45, 7) is 1.52. The Morgan fingerprint density at radius 2 is 2.25 bits per heavy atom. The molecule has 1 amide bonds. The Balaban J connectivity index is 2.98. The van der Waals surface area contributed by atoms with Crippen LogP contribution in [-0.4, -0.2) is 17.4 Å². The summed E-state index contributed by atoms with van der Waals surface area (Å²) in [7, 11) is 0. The molecule has 0 unspecified atom stereocenters. The summed E-state index contributed by atoms with van der Waals surface area (Å²) < 4.78 is 4.94. The molecule has 6 heteroatoms. The standard InChI is InChI=1S/C10H12N2O4/c1-2-7-3-4-9(16-6-10(11)13)8(5-7)12(14)15/h3-5H,2,6H2,1H3,(H2,11,13). The number of aryl methyl sites for hydroxylation is 1. The zero-order chi connectivity index (χ0) is 12.1. The smallest absolute Gasteiger partial charge is 0.311 e. The van der Waals surface area contributed by atoms with E-state index < -0.39 is 10.8 Å². The van der Waals surface area contributed by atoms with Crippen LogP contribution in [0.4, 0.5) is 5.69 Å². The maximum Gasteiger partial charge on any atom is 0.311 e. The predicted molar refractivity (Wildman–Crippen MR) is 57.2 cm³/mol. The van der Waals surface area contributed by atoms with E-state index in [4.69, 9.17) is 10.5 Å². The first-order valence-electron chi connectivity index (χ1n) is 4.73. The van der Waals surface area contributed by atoms with Crippen molar-refractivity contribution in [3.8, 4) is 5.75 Å². The molecule has 1 aromatic carbocycles. The van der Waals surface area contributed by atoms with Crippen molar-refractivity contribution < 1.29 is 14.5 Å². The molecule has 86 valence electrons. The Kier molecular flexibility index (Phi) is 3.82. The summed E-state index contributed by atoms with van der Waals surface area (Å²) in [6, 6.07) is 4.61. The zero-order valence-corrected chi connectivity index (χ0v) is 8.80. The molecule has 1 aromatic rings. The number of carbonyl (C=O) groups is 1. The van der Waals surface area contributed by atoms with Gasteiger partial charge >= 0.3 is 5.69 Å². The molecule has 0 heterocycles. The topological polar surface area (TPSA) is 95.5 Å². The van der Waals surface area contributed by atoms with Crippen molar-refractivity contribution >= 4 is 11.6 Å². The van der Waals surface area contributed by atoms with E-state index in [9.17, 15) is 14.9 Å². The molecule has 1 rings (SSSR count). The van der Waals surface area contributed by atoms with Crippen LogP contribution in [0.3, 0.4) is 0 Å². The van der Waals surface area contributed by atoms with Gasteiger partial charge in [0.25, 0.3) is 5.91 Å². The Hall–Kier alpha value is -2.11. The molecular weight excluding hydrogens is 212 g/mol. The van der Waals surface area contributed by atoms with Crippen molar-refractivity contribution in [3.63, 3.8) is 0 Å². The van der Waals surface area contributed by atoms with E-state index in [0.29, 0.717) is 6.42 Å². The van der Waals surface area contributed by atoms with Gasteiger partial charge in [0.05, 0.1) is 4.92 Å². The molecule has 16 heavy (non-hydrogen) atoms. The summed E-state index contributed by atoms with van der Waals surface area (Å²) in [5.74, 6) is -0.616. The molecule has 0 fully saturated rings. The van der Waals surface area contributed by atoms with E-state index in [2.05, 4.69) is 0 Å². The van der Waals surface area contributed by atoms with Crippen LogP contribution >= 0.6 is 0 Å². The molecule has 0 aliphatic rings. The number of nitro benzene ring substituents is 1. The minimum Gasteiger partial charge on any atom is -0.477 e. The lowest BCUT2D eigenvalue weighted by atomic mass is 10.1. The van der Waals surface area contributed by atoms with E-state index in [1.54, 1.807) is 6.07 Å². The van der Waals surface area contributed by atoms with E-state index >= 15 is 0 Å². The number of ether oxygens (including phenoxy) is 1. The number of carbonyl (C=O) groups excluding carboxylic acids is 1. The maximum absolute atomic E-state index is 10.7. The Labute approximate surface area is 92.2 Å². The highest BCUT2D eigenvalue weighted by atomic mass is 16.6. The molecule has 0 aromatic heterocycles. The van der Waals surface area contributed by atoms with E-state index in [0.717, 1.165) is 5.56 Å². The van der Waals surface area contributed by atoms with Gasteiger partial charge in [-0.05, 0) is 18.1 Å². The van der Waals surface area contributed by atoms with Crippen LogP contribution in [0.25, 0.3) is 0 Å². The maximum atomic E-state index is 10.7. The highest BCUT2D eigenvalue weighted by Crippen LogP contribution is 2.27. The number of benzene rings is 1. The molecular formula is C10H12N2O4. The van der Waals surface area contributed by atoms with Crippen molar-refractivity contribution in [2.24, 2.45) is 5.73 Å². The summed E-state index contributed by atoms with van der Waals surface area (Å²) in [6.07, 6.45) is 0.691. The van der Waals surface area contributed by atoms with Crippen LogP contribution in [0.5, 0.6) is 5.75 Å². The lowest BCUT2D eigenvalue weighted by Crippen LogP contribution is -2.20. The average molecular weight is 224 g/mol. The third-order valence-electron chi connectivity index (χ3n) is 2.00. The monoisotopic (exact) mass is 224 g/mol. The van der Waals surface area contributed by atoms with Crippen molar-refractivity contribution in [2.75, 3.05) is 6.61 Å². The quantitative estimate of drug-likeness (QED) is 0.596. The minimum atomic E-state index is -0.672. The highest BCUT2D eigenvalue weighted by Gasteiger charge is 2.16. The number of hydrogen-bond donors (Lipinski definition) is 1. The third kappa shape index (κ3) is 2.94. The fourth-order valence-corrected chi connectivity index (χ4v) is 1.20. The van der Waals surface area contributed by atoms with Gasteiger partial charge in [-0.15, -0.1) is 0 Å². The molecule has 0 saturated carbocycles. The van der Waals surface area contributed by atoms with Gasteiger partial charge in [0.15, 0.2) is 12.4 Å². The van der Waals surface area contributed by atoms with E-state index in [1.807, 2.05) is 6.92 Å². The molecule has 0 aliphatic carbocycles. The van der Waals surface area contributed by atoms with Gasteiger partial charge in [0, 0.05) is 6.07 Å². The normalized spacial score (nSPS) is 9.81. The number of hydrogen-bond acceptors (Lipinski definition) is 4. The number of nitrogens with zero attached hydrogens (tertiary/aromatic N) is 1. The van der Waals surface area contributed by atoms with E-state index in [-0.39, 0.29) is 18.0 Å². The van der Waals surface area contributed by atoms with Gasteiger partial charge in [-0.1, -0.05) is 13.0 Å². The first kappa shape index (κ1) is 12.0. The van der Waals surface area contributed by atoms with Crippen molar-refractivity contribution in [3.05, 3.63) is 33.9 Å². The van der Waals surface area contributed by atoms with Crippen LogP contribution < -0.4 is 10.5 Å². The molecule has 0 saturated heterocycles. The van der Waals surface area contributed by atoms with Crippen LogP contribution in [-0.2, 0) is 11.2 Å². The second-order valence-electron chi connectivity index (χ2n) is 3.17. The molecule has 0 atom stereocenters. The minimum absolute atomic E-state index is 0.0565. The van der Waals surface area contributed by atoms with Gasteiger partial charge in [0.2, 0.25) is 0 Å². The number of nitro groups is 1. The molecule has 0 spiro atoms. The largest absolute Gasteiger partial charge is 0.477 e. The Morgan fingerprint density at radius 1 is 1.56 bits per heavy atom. The summed E-state index contributed by atoms with van der Waals surface area (Å²) in [5, 5.41) is 10.7. The van der Waals surface area contributed by atoms with Crippen LogP contribution in [0, 0.1) is 10.1 Å². The zero-order valence-electron chi connectivity index (χ0n) is 8.80.